The molecule has 24 heavy (non-hydrogen) atoms. The second kappa shape index (κ2) is 8.12. The monoisotopic (exact) mass is 356 g/mol. The highest BCUT2D eigenvalue weighted by atomic mass is 19.2. The summed E-state index contributed by atoms with van der Waals surface area (Å²) in [6, 6.07) is -3.25. The molecule has 0 spiro atoms. The zero-order valence-electron chi connectivity index (χ0n) is 13.2. The maximum atomic E-state index is 14.8. The largest absolute Gasteiger partial charge is 0.462 e. The van der Waals surface area contributed by atoms with Gasteiger partial charge in [0.15, 0.2) is 6.17 Å². The van der Waals surface area contributed by atoms with Gasteiger partial charge in [-0.1, -0.05) is 0 Å². The highest BCUT2D eigenvalue weighted by Gasteiger charge is 2.62. The van der Waals surface area contributed by atoms with Crippen molar-refractivity contribution in [1.29, 1.82) is 0 Å². The van der Waals surface area contributed by atoms with Crippen LogP contribution in [-0.2, 0) is 19.1 Å². The van der Waals surface area contributed by atoms with E-state index in [2.05, 4.69) is 10.1 Å². The van der Waals surface area contributed by atoms with Gasteiger partial charge in [0.2, 0.25) is 5.91 Å². The molecule has 0 aromatic rings. The van der Waals surface area contributed by atoms with Gasteiger partial charge in [0, 0.05) is 6.92 Å². The molecule has 0 saturated carbocycles. The molecule has 1 rings (SSSR count). The summed E-state index contributed by atoms with van der Waals surface area (Å²) in [5.41, 5.74) is 5.58. The van der Waals surface area contributed by atoms with Crippen LogP contribution in [0.15, 0.2) is 0 Å². The lowest BCUT2D eigenvalue weighted by Gasteiger charge is -2.46. The second-order valence-corrected chi connectivity index (χ2v) is 5.39. The summed E-state index contributed by atoms with van der Waals surface area (Å²) in [5, 5.41) is 30.6. The van der Waals surface area contributed by atoms with Gasteiger partial charge < -0.3 is 35.8 Å². The van der Waals surface area contributed by atoms with Crippen molar-refractivity contribution in [3.05, 3.63) is 0 Å². The van der Waals surface area contributed by atoms with Crippen molar-refractivity contribution in [2.24, 2.45) is 5.73 Å². The van der Waals surface area contributed by atoms with E-state index in [-0.39, 0.29) is 6.61 Å². The maximum absolute atomic E-state index is 14.8. The van der Waals surface area contributed by atoms with Crippen molar-refractivity contribution in [2.75, 3.05) is 13.2 Å². The number of hydrogen-bond donors (Lipinski definition) is 5. The fraction of sp³-hybridized carbons (Fsp3) is 0.846. The molecule has 6 N–H and O–H groups in total. The van der Waals surface area contributed by atoms with E-state index in [1.165, 1.54) is 6.92 Å². The maximum Gasteiger partial charge on any atom is 0.375 e. The van der Waals surface area contributed by atoms with Crippen molar-refractivity contribution in [3.8, 4) is 0 Å². The zero-order valence-corrected chi connectivity index (χ0v) is 13.2. The first-order valence-corrected chi connectivity index (χ1v) is 7.27. The molecule has 7 atom stereocenters. The second-order valence-electron chi connectivity index (χ2n) is 5.39. The fourth-order valence-corrected chi connectivity index (χ4v) is 2.40. The number of hydrogen-bond acceptors (Lipinski definition) is 8. The first-order chi connectivity index (χ1) is 11.1. The third-order valence-electron chi connectivity index (χ3n) is 3.61. The van der Waals surface area contributed by atoms with Gasteiger partial charge in [-0.15, -0.1) is 0 Å². The summed E-state index contributed by atoms with van der Waals surface area (Å²) in [6.07, 6.45) is -8.29. The molecule has 0 bridgehead atoms. The number of amides is 1. The zero-order chi connectivity index (χ0) is 18.7. The molecule has 1 amide bonds. The number of halogens is 2. The Morgan fingerprint density at radius 3 is 2.50 bits per heavy atom. The average molecular weight is 356 g/mol. The number of nitrogens with two attached hydrogens (primary N) is 1. The number of ether oxygens (including phenoxy) is 2. The van der Waals surface area contributed by atoms with Crippen LogP contribution in [0.3, 0.4) is 0 Å². The number of aliphatic hydroxyl groups excluding tert-OH is 3. The molecule has 1 saturated heterocycles. The Morgan fingerprint density at radius 1 is 1.46 bits per heavy atom. The Balaban J connectivity index is 3.21. The lowest BCUT2D eigenvalue weighted by molar-refractivity contribution is -0.278. The van der Waals surface area contributed by atoms with Crippen molar-refractivity contribution >= 4 is 11.9 Å². The van der Waals surface area contributed by atoms with Crippen LogP contribution in [0, 0.1) is 0 Å². The van der Waals surface area contributed by atoms with E-state index in [0.717, 1.165) is 6.92 Å². The summed E-state index contributed by atoms with van der Waals surface area (Å²) >= 11 is 0. The first kappa shape index (κ1) is 20.6. The molecule has 1 aliphatic heterocycles. The topological polar surface area (TPSA) is 151 Å². The van der Waals surface area contributed by atoms with Crippen LogP contribution in [0.25, 0.3) is 0 Å². The van der Waals surface area contributed by atoms with Gasteiger partial charge in [0.05, 0.1) is 25.3 Å². The quantitative estimate of drug-likeness (QED) is 0.328. The molecule has 1 fully saturated rings. The standard InChI is InChI=1S/C13H22F2N2O7/c1-3-23-12(22)13(15)11(14)7(16)8(17-5(2)19)10(24-13)9(21)6(20)4-18/h6-11,18,20-21H,3-4,16H2,1-2H3,(H,17,19)/t6-,7?,8?,9-,10?,11?,13?/m1/s1. The van der Waals surface area contributed by atoms with Gasteiger partial charge >= 0.3 is 11.8 Å². The molecule has 140 valence electrons. The number of nitrogens with one attached hydrogen (secondary N) is 1. The average Bonchev–Trinajstić information content (AvgIpc) is 2.53. The summed E-state index contributed by atoms with van der Waals surface area (Å²) in [5.74, 6) is -6.01. The summed E-state index contributed by atoms with van der Waals surface area (Å²) < 4.78 is 38.3. The van der Waals surface area contributed by atoms with E-state index in [9.17, 15) is 28.6 Å². The van der Waals surface area contributed by atoms with E-state index >= 15 is 0 Å². The highest BCUT2D eigenvalue weighted by Crippen LogP contribution is 2.35. The fourth-order valence-electron chi connectivity index (χ4n) is 2.40. The lowest BCUT2D eigenvalue weighted by Crippen LogP contribution is -2.73. The van der Waals surface area contributed by atoms with Crippen molar-refractivity contribution in [1.82, 2.24) is 5.32 Å². The minimum atomic E-state index is -3.63. The van der Waals surface area contributed by atoms with E-state index in [1.54, 1.807) is 0 Å². The predicted octanol–water partition coefficient (Wildman–Crippen LogP) is -2.50. The van der Waals surface area contributed by atoms with Crippen molar-refractivity contribution in [3.63, 3.8) is 0 Å². The molecule has 5 unspecified atom stereocenters. The Morgan fingerprint density at radius 2 is 2.04 bits per heavy atom. The Kier molecular flexibility index (Phi) is 6.98. The molecule has 1 aliphatic rings. The Hall–Kier alpha value is -1.40. The van der Waals surface area contributed by atoms with Crippen molar-refractivity contribution in [2.45, 2.75) is 56.3 Å². The molecule has 0 radical (unpaired) electrons. The summed E-state index contributed by atoms with van der Waals surface area (Å²) in [4.78, 5) is 23.0. The number of aliphatic hydroxyl groups is 3. The van der Waals surface area contributed by atoms with E-state index in [4.69, 9.17) is 15.6 Å². The smallest absolute Gasteiger partial charge is 0.375 e. The number of carbonyl (C=O) groups is 2. The number of carbonyl (C=O) groups excluding carboxylic acids is 2. The van der Waals surface area contributed by atoms with E-state index in [0.29, 0.717) is 0 Å². The number of alkyl halides is 2. The molecule has 0 aromatic carbocycles. The molecular weight excluding hydrogens is 334 g/mol. The van der Waals surface area contributed by atoms with Gasteiger partial charge in [-0.05, 0) is 6.92 Å². The molecule has 9 nitrogen and oxygen atoms in total. The van der Waals surface area contributed by atoms with Gasteiger partial charge in [-0.3, -0.25) is 4.79 Å². The van der Waals surface area contributed by atoms with Crippen LogP contribution >= 0.6 is 0 Å². The lowest BCUT2D eigenvalue weighted by atomic mass is 9.86. The van der Waals surface area contributed by atoms with E-state index < -0.39 is 60.9 Å². The first-order valence-electron chi connectivity index (χ1n) is 7.27. The number of rotatable bonds is 6. The summed E-state index contributed by atoms with van der Waals surface area (Å²) in [7, 11) is 0. The van der Waals surface area contributed by atoms with Gasteiger partial charge in [-0.2, -0.15) is 4.39 Å². The third kappa shape index (κ3) is 3.98. The van der Waals surface area contributed by atoms with E-state index in [1.807, 2.05) is 0 Å². The van der Waals surface area contributed by atoms with Gasteiger partial charge in [0.25, 0.3) is 0 Å². The van der Waals surface area contributed by atoms with Crippen LogP contribution in [0.2, 0.25) is 0 Å². The van der Waals surface area contributed by atoms with Gasteiger partial charge in [0.1, 0.15) is 18.3 Å². The van der Waals surface area contributed by atoms with Crippen molar-refractivity contribution < 1.29 is 43.2 Å². The highest BCUT2D eigenvalue weighted by molar-refractivity contribution is 5.79. The predicted molar refractivity (Wildman–Crippen MR) is 74.9 cm³/mol. The molecular formula is C13H22F2N2O7. The normalized spacial score (nSPS) is 35.8. The minimum Gasteiger partial charge on any atom is -0.462 e. The molecule has 0 aliphatic carbocycles. The summed E-state index contributed by atoms with van der Waals surface area (Å²) in [6.45, 7) is 1.23. The minimum absolute atomic E-state index is 0.266. The van der Waals surface area contributed by atoms with Crippen LogP contribution < -0.4 is 11.1 Å². The number of esters is 1. The molecule has 11 heteroatoms. The van der Waals surface area contributed by atoms with Gasteiger partial charge in [-0.25, -0.2) is 9.18 Å². The van der Waals surface area contributed by atoms with Crippen LogP contribution in [0.1, 0.15) is 13.8 Å². The van der Waals surface area contributed by atoms with Crippen LogP contribution in [0.5, 0.6) is 0 Å². The molecule has 0 aromatic heterocycles. The molecule has 1 heterocycles. The SMILES string of the molecule is CCOC(=O)C1(F)OC([C@H](O)[C@H](O)CO)C(NC(C)=O)C(N)C1F. The third-order valence-corrected chi connectivity index (χ3v) is 3.61. The Bertz CT molecular complexity index is 470. The van der Waals surface area contributed by atoms with Crippen LogP contribution in [-0.4, -0.2) is 82.8 Å². The Labute approximate surface area is 136 Å². The van der Waals surface area contributed by atoms with Crippen LogP contribution in [0.4, 0.5) is 8.78 Å².